The van der Waals surface area contributed by atoms with Crippen LogP contribution in [0.25, 0.3) is 0 Å². The average molecular weight is 317 g/mol. The quantitative estimate of drug-likeness (QED) is 0.602. The van der Waals surface area contributed by atoms with Crippen LogP contribution in [0.5, 0.6) is 23.5 Å². The monoisotopic (exact) mass is 317 g/mol. The van der Waals surface area contributed by atoms with Crippen molar-refractivity contribution in [3.05, 3.63) is 35.4 Å². The summed E-state index contributed by atoms with van der Waals surface area (Å²) in [5.74, 6) is 1.33. The van der Waals surface area contributed by atoms with E-state index in [0.29, 0.717) is 17.5 Å². The van der Waals surface area contributed by atoms with Crippen LogP contribution in [0, 0.1) is 6.92 Å². The molecule has 0 bridgehead atoms. The smallest absolute Gasteiger partial charge is 0.328 e. The van der Waals surface area contributed by atoms with Crippen LogP contribution < -0.4 is 14.2 Å². The Morgan fingerprint density at radius 1 is 1.04 bits per heavy atom. The van der Waals surface area contributed by atoms with Gasteiger partial charge in [-0.15, -0.1) is 0 Å². The van der Waals surface area contributed by atoms with Crippen LogP contribution in [0.3, 0.4) is 0 Å². The molecule has 1 heterocycles. The molecule has 0 aliphatic heterocycles. The first-order chi connectivity index (χ1) is 11.1. The van der Waals surface area contributed by atoms with E-state index in [4.69, 9.17) is 19.0 Å². The van der Waals surface area contributed by atoms with E-state index >= 15 is 0 Å². The molecule has 0 fully saturated rings. The van der Waals surface area contributed by atoms with Crippen molar-refractivity contribution in [1.29, 1.82) is 0 Å². The third kappa shape index (κ3) is 3.88. The summed E-state index contributed by atoms with van der Waals surface area (Å²) in [7, 11) is 4.54. The Labute approximate surface area is 134 Å². The lowest BCUT2D eigenvalue weighted by Crippen LogP contribution is -2.02. The molecular formula is C16H19N3O4. The second-order valence-corrected chi connectivity index (χ2v) is 4.63. The highest BCUT2D eigenvalue weighted by Gasteiger charge is 2.12. The maximum Gasteiger partial charge on any atom is 0.328 e. The van der Waals surface area contributed by atoms with Crippen molar-refractivity contribution in [2.45, 2.75) is 13.8 Å². The zero-order chi connectivity index (χ0) is 16.8. The number of hydrogen-bond donors (Lipinski definition) is 0. The molecule has 0 aliphatic carbocycles. The molecule has 0 unspecified atom stereocenters. The van der Waals surface area contributed by atoms with Gasteiger partial charge in [0.2, 0.25) is 11.8 Å². The average Bonchev–Trinajstić information content (AvgIpc) is 2.56. The summed E-state index contributed by atoms with van der Waals surface area (Å²) >= 11 is 0. The maximum atomic E-state index is 5.79. The Kier molecular flexibility index (Phi) is 5.35. The number of hydrogen-bond acceptors (Lipinski definition) is 7. The van der Waals surface area contributed by atoms with Crippen LogP contribution in [-0.4, -0.2) is 37.0 Å². The highest BCUT2D eigenvalue weighted by Crippen LogP contribution is 2.28. The fourth-order valence-corrected chi connectivity index (χ4v) is 2.04. The summed E-state index contributed by atoms with van der Waals surface area (Å²) in [6, 6.07) is 7.35. The van der Waals surface area contributed by atoms with Gasteiger partial charge in [0.25, 0.3) is 0 Å². The molecule has 0 atom stereocenters. The third-order valence-electron chi connectivity index (χ3n) is 3.18. The fourth-order valence-electron chi connectivity index (χ4n) is 2.04. The number of methoxy groups -OCH3 is 2. The summed E-state index contributed by atoms with van der Waals surface area (Å²) in [5, 5.41) is 3.95. The molecule has 0 spiro atoms. The van der Waals surface area contributed by atoms with E-state index in [1.807, 2.05) is 32.0 Å². The molecule has 1 aromatic heterocycles. The number of ether oxygens (including phenoxy) is 3. The molecule has 122 valence electrons. The Balaban J connectivity index is 2.37. The van der Waals surface area contributed by atoms with Crippen molar-refractivity contribution in [2.75, 3.05) is 21.3 Å². The first-order valence-corrected chi connectivity index (χ1v) is 6.91. The van der Waals surface area contributed by atoms with Crippen LogP contribution in [0.1, 0.15) is 18.1 Å². The van der Waals surface area contributed by atoms with Crippen LogP contribution >= 0.6 is 0 Å². The van der Waals surface area contributed by atoms with Gasteiger partial charge in [-0.25, -0.2) is 0 Å². The second-order valence-electron chi connectivity index (χ2n) is 4.63. The SMILES string of the molecule is CON=C(C)c1cccc(Oc2nc(OC)cc(OC)n2)c1C. The fraction of sp³-hybridized carbons (Fsp3) is 0.312. The Morgan fingerprint density at radius 2 is 1.70 bits per heavy atom. The van der Waals surface area contributed by atoms with Gasteiger partial charge in [0.05, 0.1) is 26.0 Å². The van der Waals surface area contributed by atoms with E-state index in [0.717, 1.165) is 16.8 Å². The lowest BCUT2D eigenvalue weighted by molar-refractivity contribution is 0.213. The predicted octanol–water partition coefficient (Wildman–Crippen LogP) is 2.96. The van der Waals surface area contributed by atoms with Crippen molar-refractivity contribution in [3.8, 4) is 23.5 Å². The first kappa shape index (κ1) is 16.5. The van der Waals surface area contributed by atoms with Gasteiger partial charge in [-0.1, -0.05) is 17.3 Å². The molecule has 0 N–H and O–H groups in total. The minimum absolute atomic E-state index is 0.141. The summed E-state index contributed by atoms with van der Waals surface area (Å²) in [6.45, 7) is 3.79. The summed E-state index contributed by atoms with van der Waals surface area (Å²) in [5.41, 5.74) is 2.56. The Morgan fingerprint density at radius 3 is 2.26 bits per heavy atom. The highest BCUT2D eigenvalue weighted by molar-refractivity contribution is 6.00. The number of nitrogens with zero attached hydrogens (tertiary/aromatic N) is 3. The van der Waals surface area contributed by atoms with Crippen molar-refractivity contribution in [1.82, 2.24) is 9.97 Å². The minimum atomic E-state index is 0.141. The van der Waals surface area contributed by atoms with Gasteiger partial charge in [0, 0.05) is 11.1 Å². The van der Waals surface area contributed by atoms with Crippen molar-refractivity contribution in [3.63, 3.8) is 0 Å². The topological polar surface area (TPSA) is 75.1 Å². The zero-order valence-electron chi connectivity index (χ0n) is 13.8. The minimum Gasteiger partial charge on any atom is -0.481 e. The molecule has 0 saturated heterocycles. The highest BCUT2D eigenvalue weighted by atomic mass is 16.6. The van der Waals surface area contributed by atoms with Crippen molar-refractivity contribution >= 4 is 5.71 Å². The van der Waals surface area contributed by atoms with Gasteiger partial charge in [-0.05, 0) is 19.9 Å². The first-order valence-electron chi connectivity index (χ1n) is 6.91. The molecule has 23 heavy (non-hydrogen) atoms. The third-order valence-corrected chi connectivity index (χ3v) is 3.18. The second kappa shape index (κ2) is 7.44. The lowest BCUT2D eigenvalue weighted by Gasteiger charge is -2.12. The van der Waals surface area contributed by atoms with E-state index in [1.165, 1.54) is 21.3 Å². The summed E-state index contributed by atoms with van der Waals surface area (Å²) < 4.78 is 16.0. The Bertz CT molecular complexity index is 694. The summed E-state index contributed by atoms with van der Waals surface area (Å²) in [4.78, 5) is 13.1. The predicted molar refractivity (Wildman–Crippen MR) is 85.6 cm³/mol. The Hall–Kier alpha value is -2.83. The summed E-state index contributed by atoms with van der Waals surface area (Å²) in [6.07, 6.45) is 0. The molecule has 0 saturated carbocycles. The van der Waals surface area contributed by atoms with E-state index in [1.54, 1.807) is 6.07 Å². The number of benzene rings is 1. The molecule has 0 amide bonds. The number of rotatable bonds is 6. The van der Waals surface area contributed by atoms with Crippen molar-refractivity contribution < 1.29 is 19.0 Å². The van der Waals surface area contributed by atoms with Crippen LogP contribution in [0.15, 0.2) is 29.4 Å². The number of aromatic nitrogens is 2. The number of oxime groups is 1. The van der Waals surface area contributed by atoms with Gasteiger partial charge in [-0.2, -0.15) is 9.97 Å². The van der Waals surface area contributed by atoms with Crippen LogP contribution in [0.2, 0.25) is 0 Å². The normalized spacial score (nSPS) is 11.1. The molecular weight excluding hydrogens is 298 g/mol. The molecule has 2 rings (SSSR count). The van der Waals surface area contributed by atoms with E-state index in [9.17, 15) is 0 Å². The molecule has 1 aromatic carbocycles. The van der Waals surface area contributed by atoms with Crippen LogP contribution in [0.4, 0.5) is 0 Å². The van der Waals surface area contributed by atoms with Crippen LogP contribution in [-0.2, 0) is 4.84 Å². The van der Waals surface area contributed by atoms with E-state index in [-0.39, 0.29) is 6.01 Å². The van der Waals surface area contributed by atoms with Gasteiger partial charge in [0.15, 0.2) is 0 Å². The van der Waals surface area contributed by atoms with Gasteiger partial charge in [-0.3, -0.25) is 0 Å². The molecule has 0 aliphatic rings. The maximum absolute atomic E-state index is 5.79. The molecule has 0 radical (unpaired) electrons. The largest absolute Gasteiger partial charge is 0.481 e. The van der Waals surface area contributed by atoms with Crippen molar-refractivity contribution in [2.24, 2.45) is 5.16 Å². The van der Waals surface area contributed by atoms with Gasteiger partial charge < -0.3 is 19.0 Å². The van der Waals surface area contributed by atoms with E-state index in [2.05, 4.69) is 15.1 Å². The molecule has 7 heteroatoms. The van der Waals surface area contributed by atoms with E-state index < -0.39 is 0 Å². The zero-order valence-corrected chi connectivity index (χ0v) is 13.8. The van der Waals surface area contributed by atoms with Gasteiger partial charge in [0.1, 0.15) is 12.9 Å². The molecule has 2 aromatic rings. The lowest BCUT2D eigenvalue weighted by atomic mass is 10.0. The van der Waals surface area contributed by atoms with Gasteiger partial charge >= 0.3 is 6.01 Å². The standard InChI is InChI=1S/C16H19N3O4/c1-10-12(11(2)19-22-5)7-6-8-13(10)23-16-17-14(20-3)9-15(18-16)21-4/h6-9H,1-5H3. The molecule has 7 nitrogen and oxygen atoms in total.